The first-order chi connectivity index (χ1) is 15.2. The Kier molecular flexibility index (Phi) is 4.85. The number of carbonyl (C=O) groups is 1. The molecule has 1 aliphatic carbocycles. The van der Waals surface area contributed by atoms with Gasteiger partial charge in [0.25, 0.3) is 5.69 Å². The molecule has 162 valence electrons. The molecule has 0 atom stereocenters. The summed E-state index contributed by atoms with van der Waals surface area (Å²) in [5.74, 6) is 0.296. The van der Waals surface area contributed by atoms with Gasteiger partial charge < -0.3 is 9.72 Å². The quantitative estimate of drug-likeness (QED) is 0.312. The Hall–Kier alpha value is -4.00. The predicted molar refractivity (Wildman–Crippen MR) is 124 cm³/mol. The third-order valence-corrected chi connectivity index (χ3v) is 6.28. The fourth-order valence-corrected chi connectivity index (χ4v) is 4.64. The van der Waals surface area contributed by atoms with Crippen molar-refractivity contribution in [2.24, 2.45) is 5.41 Å². The van der Waals surface area contributed by atoms with E-state index in [4.69, 9.17) is 4.74 Å². The van der Waals surface area contributed by atoms with Gasteiger partial charge in [-0.05, 0) is 19.9 Å². The van der Waals surface area contributed by atoms with Crippen molar-refractivity contribution in [2.45, 2.75) is 13.8 Å². The van der Waals surface area contributed by atoms with E-state index in [1.807, 2.05) is 23.8 Å². The number of aromatic nitrogens is 1. The zero-order valence-electron chi connectivity index (χ0n) is 18.5. The minimum Gasteiger partial charge on any atom is -0.495 e. The van der Waals surface area contributed by atoms with Crippen LogP contribution in [0.2, 0.25) is 0 Å². The SMILES string of the molecule is C=CC1=C(C=C)C(C)(C)C(/C=C2\C(=O)C(c3c[nH]c4ccc([N+](=O)[O-])cc34)=C2OC)=[N+]1C. The van der Waals surface area contributed by atoms with Crippen molar-refractivity contribution in [3.63, 3.8) is 0 Å². The second kappa shape index (κ2) is 7.30. The number of allylic oxidation sites excluding steroid dienone is 6. The Morgan fingerprint density at radius 2 is 1.97 bits per heavy atom. The molecule has 0 saturated heterocycles. The second-order valence-corrected chi connectivity index (χ2v) is 8.26. The van der Waals surface area contributed by atoms with Gasteiger partial charge in [-0.1, -0.05) is 19.2 Å². The van der Waals surface area contributed by atoms with E-state index < -0.39 is 4.92 Å². The summed E-state index contributed by atoms with van der Waals surface area (Å²) in [6, 6.07) is 4.53. The molecule has 0 fully saturated rings. The number of nitro groups is 1. The van der Waals surface area contributed by atoms with Crippen LogP contribution in [0.15, 0.2) is 78.4 Å². The number of nitrogens with one attached hydrogen (secondary N) is 1. The third kappa shape index (κ3) is 2.81. The Bertz CT molecular complexity index is 1360. The van der Waals surface area contributed by atoms with Crippen LogP contribution in [-0.4, -0.2) is 40.1 Å². The van der Waals surface area contributed by atoms with E-state index in [-0.39, 0.29) is 16.9 Å². The standard InChI is InChI=1S/C25H23N3O4/c1-7-18-20(8-2)27(5)21(25(18,3)4)12-16-23(29)22(24(16)32-6)17-13-26-19-10-9-14(28(30)31)11-15(17)19/h7-13H,1-2H2,3-6H3/p+1. The van der Waals surface area contributed by atoms with Gasteiger partial charge in [-0.25, -0.2) is 0 Å². The maximum absolute atomic E-state index is 13.3. The lowest BCUT2D eigenvalue weighted by Crippen LogP contribution is -2.29. The smallest absolute Gasteiger partial charge is 0.270 e. The Morgan fingerprint density at radius 1 is 1.25 bits per heavy atom. The molecule has 4 rings (SSSR count). The lowest BCUT2D eigenvalue weighted by atomic mass is 9.77. The number of aromatic amines is 1. The first kappa shape index (κ1) is 21.2. The number of fused-ring (bicyclic) bond motifs is 1. The average molecular weight is 430 g/mol. The van der Waals surface area contributed by atoms with E-state index in [1.165, 1.54) is 19.2 Å². The summed E-state index contributed by atoms with van der Waals surface area (Å²) >= 11 is 0. The molecular formula is C25H24N3O4+. The number of H-pyrrole nitrogens is 1. The van der Waals surface area contributed by atoms with Gasteiger partial charge in [-0.15, -0.1) is 0 Å². The lowest BCUT2D eigenvalue weighted by molar-refractivity contribution is -0.435. The molecule has 0 radical (unpaired) electrons. The first-order valence-corrected chi connectivity index (χ1v) is 10.1. The minimum atomic E-state index is -0.453. The number of nitro benzene ring substituents is 1. The summed E-state index contributed by atoms with van der Waals surface area (Å²) in [6.07, 6.45) is 7.13. The van der Waals surface area contributed by atoms with Crippen molar-refractivity contribution in [2.75, 3.05) is 14.2 Å². The lowest BCUT2D eigenvalue weighted by Gasteiger charge is -2.25. The molecule has 0 amide bonds. The number of ether oxygens (including phenoxy) is 1. The highest BCUT2D eigenvalue weighted by Crippen LogP contribution is 2.44. The summed E-state index contributed by atoms with van der Waals surface area (Å²) in [5.41, 5.74) is 4.65. The van der Waals surface area contributed by atoms with Gasteiger partial charge in [0.1, 0.15) is 12.8 Å². The number of ketones is 1. The Labute approximate surface area is 185 Å². The molecule has 0 bridgehead atoms. The van der Waals surface area contributed by atoms with E-state index in [0.717, 1.165) is 17.0 Å². The molecule has 1 aromatic carbocycles. The van der Waals surface area contributed by atoms with Gasteiger partial charge in [0.2, 0.25) is 11.5 Å². The number of Topliss-reactive ketones (excluding diaryl/α,β-unsaturated/α-hetero) is 1. The van der Waals surface area contributed by atoms with Gasteiger partial charge in [-0.2, -0.15) is 4.58 Å². The number of rotatable bonds is 6. The molecule has 7 nitrogen and oxygen atoms in total. The number of methoxy groups -OCH3 is 1. The monoisotopic (exact) mass is 430 g/mol. The highest BCUT2D eigenvalue weighted by molar-refractivity contribution is 6.41. The Morgan fingerprint density at radius 3 is 2.53 bits per heavy atom. The van der Waals surface area contributed by atoms with Crippen LogP contribution in [0.3, 0.4) is 0 Å². The maximum Gasteiger partial charge on any atom is 0.270 e. The fraction of sp³-hybridized carbons (Fsp3) is 0.200. The summed E-state index contributed by atoms with van der Waals surface area (Å²) < 4.78 is 7.61. The maximum atomic E-state index is 13.3. The largest absolute Gasteiger partial charge is 0.495 e. The molecule has 2 heterocycles. The third-order valence-electron chi connectivity index (χ3n) is 6.28. The normalized spacial score (nSPS) is 19.1. The van der Waals surface area contributed by atoms with Crippen LogP contribution in [0.5, 0.6) is 0 Å². The van der Waals surface area contributed by atoms with Gasteiger partial charge in [0, 0.05) is 52.5 Å². The minimum absolute atomic E-state index is 0.0367. The van der Waals surface area contributed by atoms with Crippen molar-refractivity contribution in [3.8, 4) is 0 Å². The summed E-state index contributed by atoms with van der Waals surface area (Å²) in [7, 11) is 3.45. The summed E-state index contributed by atoms with van der Waals surface area (Å²) in [6.45, 7) is 12.0. The summed E-state index contributed by atoms with van der Waals surface area (Å²) in [4.78, 5) is 27.1. The molecule has 0 spiro atoms. The average Bonchev–Trinajstić information content (AvgIpc) is 3.24. The van der Waals surface area contributed by atoms with Gasteiger partial charge in [0.15, 0.2) is 5.71 Å². The van der Waals surface area contributed by atoms with Crippen LogP contribution in [0.1, 0.15) is 19.4 Å². The number of carbonyl (C=O) groups excluding carboxylic acids is 1. The van der Waals surface area contributed by atoms with E-state index in [9.17, 15) is 14.9 Å². The number of hydrogen-bond acceptors (Lipinski definition) is 4. The van der Waals surface area contributed by atoms with Crippen LogP contribution in [0.25, 0.3) is 16.5 Å². The molecule has 1 aliphatic heterocycles. The highest BCUT2D eigenvalue weighted by Gasteiger charge is 2.46. The topological polar surface area (TPSA) is 88.2 Å². The predicted octanol–water partition coefficient (Wildman–Crippen LogP) is 4.69. The van der Waals surface area contributed by atoms with Crippen molar-refractivity contribution < 1.29 is 19.0 Å². The molecule has 2 aliphatic rings. The number of likely N-dealkylation sites (N-methyl/N-ethyl adjacent to an activating group) is 1. The van der Waals surface area contributed by atoms with E-state index >= 15 is 0 Å². The molecule has 2 aromatic rings. The molecule has 32 heavy (non-hydrogen) atoms. The molecular weight excluding hydrogens is 406 g/mol. The van der Waals surface area contributed by atoms with E-state index in [1.54, 1.807) is 18.3 Å². The molecule has 1 aromatic heterocycles. The second-order valence-electron chi connectivity index (χ2n) is 8.26. The molecule has 1 N–H and O–H groups in total. The van der Waals surface area contributed by atoms with Crippen LogP contribution in [0.4, 0.5) is 5.69 Å². The first-order valence-electron chi connectivity index (χ1n) is 10.1. The van der Waals surface area contributed by atoms with Crippen LogP contribution in [0, 0.1) is 15.5 Å². The Balaban J connectivity index is 1.85. The van der Waals surface area contributed by atoms with Crippen molar-refractivity contribution in [1.29, 1.82) is 0 Å². The number of non-ortho nitro benzene ring substituents is 1. The number of nitrogens with zero attached hydrogens (tertiary/aromatic N) is 2. The van der Waals surface area contributed by atoms with Crippen LogP contribution < -0.4 is 0 Å². The van der Waals surface area contributed by atoms with Gasteiger partial charge in [-0.3, -0.25) is 14.9 Å². The molecule has 0 unspecified atom stereocenters. The van der Waals surface area contributed by atoms with Gasteiger partial charge in [0.05, 0.1) is 28.6 Å². The highest BCUT2D eigenvalue weighted by atomic mass is 16.6. The fourth-order valence-electron chi connectivity index (χ4n) is 4.64. The van der Waals surface area contributed by atoms with Crippen molar-refractivity contribution in [3.05, 3.63) is 94.1 Å². The molecule has 7 heteroatoms. The zero-order valence-corrected chi connectivity index (χ0v) is 18.5. The molecule has 0 saturated carbocycles. The zero-order chi connectivity index (χ0) is 23.4. The number of benzene rings is 1. The van der Waals surface area contributed by atoms with Crippen molar-refractivity contribution >= 4 is 33.7 Å². The van der Waals surface area contributed by atoms with Crippen LogP contribution in [-0.2, 0) is 9.53 Å². The van der Waals surface area contributed by atoms with Crippen LogP contribution >= 0.6 is 0 Å². The van der Waals surface area contributed by atoms with E-state index in [0.29, 0.717) is 33.4 Å². The van der Waals surface area contributed by atoms with Crippen molar-refractivity contribution in [1.82, 2.24) is 4.98 Å². The van der Waals surface area contributed by atoms with Gasteiger partial charge >= 0.3 is 0 Å². The summed E-state index contributed by atoms with van der Waals surface area (Å²) in [5, 5.41) is 11.8. The van der Waals surface area contributed by atoms with E-state index in [2.05, 4.69) is 32.0 Å². The number of hydrogen-bond donors (Lipinski definition) is 1.